The first-order chi connectivity index (χ1) is 14.5. The van der Waals surface area contributed by atoms with Gasteiger partial charge in [-0.2, -0.15) is 0 Å². The molecule has 1 aliphatic heterocycles. The zero-order valence-electron chi connectivity index (χ0n) is 15.9. The van der Waals surface area contributed by atoms with Gasteiger partial charge in [0, 0.05) is 35.2 Å². The first-order valence-electron chi connectivity index (χ1n) is 9.47. The summed E-state index contributed by atoms with van der Waals surface area (Å²) in [4.78, 5) is 12.8. The van der Waals surface area contributed by atoms with Crippen molar-refractivity contribution in [2.24, 2.45) is 0 Å². The molecule has 1 amide bonds. The van der Waals surface area contributed by atoms with Gasteiger partial charge in [0.1, 0.15) is 0 Å². The first kappa shape index (κ1) is 21.1. The molecule has 9 heteroatoms. The molecule has 0 atom stereocenters. The number of hydrogen-bond acceptors (Lipinski definition) is 4. The van der Waals surface area contributed by atoms with Crippen molar-refractivity contribution in [3.05, 3.63) is 75.0 Å². The Morgan fingerprint density at radius 1 is 1.10 bits per heavy atom. The molecule has 1 aliphatic rings. The number of ether oxygens (including phenoxy) is 1. The fraction of sp³-hybridized carbons (Fsp3) is 0.286. The summed E-state index contributed by atoms with van der Waals surface area (Å²) in [6.07, 6.45) is 3.03. The summed E-state index contributed by atoms with van der Waals surface area (Å²) in [6.45, 7) is 1.59. The third kappa shape index (κ3) is 4.32. The summed E-state index contributed by atoms with van der Waals surface area (Å²) in [5.41, 5.74) is 1.48. The van der Waals surface area contributed by atoms with Crippen molar-refractivity contribution in [3.63, 3.8) is 0 Å². The van der Waals surface area contributed by atoms with E-state index in [0.29, 0.717) is 40.5 Å². The van der Waals surface area contributed by atoms with Crippen molar-refractivity contribution in [3.8, 4) is 5.69 Å². The molecule has 0 bridgehead atoms. The van der Waals surface area contributed by atoms with E-state index in [4.69, 9.17) is 39.5 Å². The zero-order chi connectivity index (χ0) is 21.1. The number of amides is 1. The molecular formula is C21H19Cl3N4O2. The summed E-state index contributed by atoms with van der Waals surface area (Å²) in [6, 6.07) is 12.7. The van der Waals surface area contributed by atoms with Crippen LogP contribution in [0.5, 0.6) is 0 Å². The summed E-state index contributed by atoms with van der Waals surface area (Å²) >= 11 is 18.8. The highest BCUT2D eigenvalue weighted by Gasteiger charge is 2.36. The Kier molecular flexibility index (Phi) is 6.29. The van der Waals surface area contributed by atoms with Crippen LogP contribution in [0, 0.1) is 0 Å². The Morgan fingerprint density at radius 3 is 2.60 bits per heavy atom. The quantitative estimate of drug-likeness (QED) is 0.593. The van der Waals surface area contributed by atoms with Crippen LogP contribution in [0.2, 0.25) is 15.1 Å². The average Bonchev–Trinajstić information content (AvgIpc) is 3.23. The number of nitrogens with one attached hydrogen (secondary N) is 1. The largest absolute Gasteiger partial charge is 0.381 e. The fourth-order valence-electron chi connectivity index (χ4n) is 3.69. The van der Waals surface area contributed by atoms with Gasteiger partial charge in [-0.15, -0.1) is 5.10 Å². The smallest absolute Gasteiger partial charge is 0.273 e. The molecule has 156 valence electrons. The van der Waals surface area contributed by atoms with Crippen LogP contribution in [0.15, 0.2) is 48.7 Å². The van der Waals surface area contributed by atoms with Crippen LogP contribution < -0.4 is 5.32 Å². The van der Waals surface area contributed by atoms with Gasteiger partial charge in [0.05, 0.1) is 16.9 Å². The van der Waals surface area contributed by atoms with Gasteiger partial charge in [0.25, 0.3) is 5.91 Å². The van der Waals surface area contributed by atoms with Gasteiger partial charge in [-0.25, -0.2) is 4.68 Å². The van der Waals surface area contributed by atoms with Crippen LogP contribution >= 0.6 is 34.8 Å². The SMILES string of the molecule is O=C(NCC1(c2ccc(Cl)cc2Cl)CCOCC1)c1cn(-c2ccccc2Cl)nn1. The van der Waals surface area contributed by atoms with Crippen LogP contribution in [0.25, 0.3) is 5.69 Å². The number of hydrogen-bond donors (Lipinski definition) is 1. The molecule has 0 radical (unpaired) electrons. The lowest BCUT2D eigenvalue weighted by molar-refractivity contribution is 0.0487. The van der Waals surface area contributed by atoms with Crippen LogP contribution in [0.3, 0.4) is 0 Å². The number of carbonyl (C=O) groups excluding carboxylic acids is 1. The van der Waals surface area contributed by atoms with Crippen molar-refractivity contribution in [1.82, 2.24) is 20.3 Å². The molecule has 1 N–H and O–H groups in total. The topological polar surface area (TPSA) is 69.0 Å². The second-order valence-corrected chi connectivity index (χ2v) is 8.45. The molecule has 30 heavy (non-hydrogen) atoms. The third-order valence-electron chi connectivity index (χ3n) is 5.37. The van der Waals surface area contributed by atoms with Gasteiger partial charge in [-0.3, -0.25) is 4.79 Å². The number of benzene rings is 2. The second kappa shape index (κ2) is 8.94. The van der Waals surface area contributed by atoms with Crippen LogP contribution in [0.1, 0.15) is 28.9 Å². The summed E-state index contributed by atoms with van der Waals surface area (Å²) in [5, 5.41) is 12.7. The summed E-state index contributed by atoms with van der Waals surface area (Å²) in [5.74, 6) is -0.316. The Labute approximate surface area is 189 Å². The van der Waals surface area contributed by atoms with E-state index in [-0.39, 0.29) is 17.0 Å². The molecule has 0 saturated carbocycles. The number of para-hydroxylation sites is 1. The molecule has 3 aromatic rings. The van der Waals surface area contributed by atoms with Gasteiger partial charge in [0.2, 0.25) is 0 Å². The first-order valence-corrected chi connectivity index (χ1v) is 10.6. The van der Waals surface area contributed by atoms with E-state index >= 15 is 0 Å². The van der Waals surface area contributed by atoms with E-state index in [2.05, 4.69) is 15.6 Å². The van der Waals surface area contributed by atoms with E-state index in [9.17, 15) is 4.79 Å². The normalized spacial score (nSPS) is 15.7. The van der Waals surface area contributed by atoms with Gasteiger partial charge < -0.3 is 10.1 Å². The van der Waals surface area contributed by atoms with E-state index in [1.807, 2.05) is 24.3 Å². The van der Waals surface area contributed by atoms with Crippen molar-refractivity contribution in [2.75, 3.05) is 19.8 Å². The highest BCUT2D eigenvalue weighted by molar-refractivity contribution is 6.35. The summed E-state index contributed by atoms with van der Waals surface area (Å²) < 4.78 is 7.03. The molecule has 4 rings (SSSR count). The lowest BCUT2D eigenvalue weighted by Crippen LogP contribution is -2.44. The Bertz CT molecular complexity index is 1060. The van der Waals surface area contributed by atoms with Crippen molar-refractivity contribution in [1.29, 1.82) is 0 Å². The predicted octanol–water partition coefficient (Wildman–Crippen LogP) is 4.71. The average molecular weight is 466 g/mol. The minimum Gasteiger partial charge on any atom is -0.381 e. The Hall–Kier alpha value is -2.12. The number of nitrogens with zero attached hydrogens (tertiary/aromatic N) is 3. The Balaban J connectivity index is 1.53. The maximum atomic E-state index is 12.8. The molecule has 6 nitrogen and oxygen atoms in total. The highest BCUT2D eigenvalue weighted by Crippen LogP contribution is 2.39. The Morgan fingerprint density at radius 2 is 1.87 bits per heavy atom. The molecule has 0 aliphatic carbocycles. The van der Waals surface area contributed by atoms with Crippen molar-refractivity contribution >= 4 is 40.7 Å². The highest BCUT2D eigenvalue weighted by atomic mass is 35.5. The maximum Gasteiger partial charge on any atom is 0.273 e. The van der Waals surface area contributed by atoms with Crippen LogP contribution in [-0.2, 0) is 10.2 Å². The monoisotopic (exact) mass is 464 g/mol. The lowest BCUT2D eigenvalue weighted by atomic mass is 9.74. The molecule has 0 unspecified atom stereocenters. The third-order valence-corrected chi connectivity index (χ3v) is 6.23. The van der Waals surface area contributed by atoms with E-state index in [1.54, 1.807) is 24.4 Å². The molecule has 2 heterocycles. The number of aromatic nitrogens is 3. The van der Waals surface area contributed by atoms with Crippen LogP contribution in [-0.4, -0.2) is 40.7 Å². The molecule has 2 aromatic carbocycles. The van der Waals surface area contributed by atoms with Crippen molar-refractivity contribution in [2.45, 2.75) is 18.3 Å². The minimum atomic E-state index is -0.339. The van der Waals surface area contributed by atoms with E-state index < -0.39 is 0 Å². The molecular weight excluding hydrogens is 447 g/mol. The number of rotatable bonds is 5. The fourth-order valence-corrected chi connectivity index (χ4v) is 4.52. The lowest BCUT2D eigenvalue weighted by Gasteiger charge is -2.38. The predicted molar refractivity (Wildman–Crippen MR) is 117 cm³/mol. The zero-order valence-corrected chi connectivity index (χ0v) is 18.2. The summed E-state index contributed by atoms with van der Waals surface area (Å²) in [7, 11) is 0. The van der Waals surface area contributed by atoms with E-state index in [0.717, 1.165) is 18.4 Å². The van der Waals surface area contributed by atoms with Crippen molar-refractivity contribution < 1.29 is 9.53 Å². The van der Waals surface area contributed by atoms with E-state index in [1.165, 1.54) is 4.68 Å². The van der Waals surface area contributed by atoms with Crippen LogP contribution in [0.4, 0.5) is 0 Å². The second-order valence-electron chi connectivity index (χ2n) is 7.20. The number of carbonyl (C=O) groups is 1. The molecule has 1 aromatic heterocycles. The van der Waals surface area contributed by atoms with Gasteiger partial charge in [0.15, 0.2) is 5.69 Å². The molecule has 1 fully saturated rings. The van der Waals surface area contributed by atoms with Gasteiger partial charge >= 0.3 is 0 Å². The number of halogens is 3. The van der Waals surface area contributed by atoms with Gasteiger partial charge in [-0.05, 0) is 42.7 Å². The molecule has 1 saturated heterocycles. The maximum absolute atomic E-state index is 12.8. The minimum absolute atomic E-state index is 0.208. The molecule has 0 spiro atoms. The van der Waals surface area contributed by atoms with Gasteiger partial charge in [-0.1, -0.05) is 58.2 Å². The standard InChI is InChI=1S/C21H19Cl3N4O2/c22-14-5-6-15(17(24)11-14)21(7-9-30-10-8-21)13-25-20(29)18-12-28(27-26-18)19-4-2-1-3-16(19)23/h1-6,11-12H,7-10,13H2,(H,25,29).